The molecule has 1 aliphatic rings. The van der Waals surface area contributed by atoms with Crippen molar-refractivity contribution >= 4 is 17.3 Å². The number of aryl methyl sites for hydroxylation is 2. The summed E-state index contributed by atoms with van der Waals surface area (Å²) >= 11 is 6.14. The van der Waals surface area contributed by atoms with Crippen molar-refractivity contribution in [2.45, 2.75) is 32.7 Å². The van der Waals surface area contributed by atoms with Gasteiger partial charge in [0.2, 0.25) is 0 Å². The highest BCUT2D eigenvalue weighted by Crippen LogP contribution is 2.33. The lowest BCUT2D eigenvalue weighted by Crippen LogP contribution is -2.03. The molecule has 3 aromatic rings. The molecule has 0 amide bonds. The molecule has 6 heteroatoms. The first-order valence-electron chi connectivity index (χ1n) is 9.06. The summed E-state index contributed by atoms with van der Waals surface area (Å²) in [7, 11) is 0. The number of nitrogens with zero attached hydrogens (tertiary/aromatic N) is 3. The monoisotopic (exact) mass is 397 g/mol. The first-order chi connectivity index (χ1) is 13.4. The molecule has 1 atom stereocenters. The highest BCUT2D eigenvalue weighted by atomic mass is 35.5. The van der Waals surface area contributed by atoms with Crippen LogP contribution >= 0.6 is 11.6 Å². The largest absolute Gasteiger partial charge is 0.281 e. The minimum Gasteiger partial charge on any atom is -0.281 e. The number of benzene rings is 2. The van der Waals surface area contributed by atoms with E-state index in [0.717, 1.165) is 28.9 Å². The molecule has 0 radical (unpaired) electrons. The van der Waals surface area contributed by atoms with Gasteiger partial charge in [0.1, 0.15) is 11.6 Å². The second-order valence-electron chi connectivity index (χ2n) is 6.88. The summed E-state index contributed by atoms with van der Waals surface area (Å²) in [5.74, 6) is -0.518. The van der Waals surface area contributed by atoms with Gasteiger partial charge in [-0.1, -0.05) is 41.9 Å². The van der Waals surface area contributed by atoms with Crippen LogP contribution in [-0.4, -0.2) is 15.7 Å². The molecule has 1 aromatic heterocycles. The number of hydrogen-bond acceptors (Lipinski definition) is 3. The van der Waals surface area contributed by atoms with E-state index >= 15 is 0 Å². The molecule has 0 fully saturated rings. The zero-order valence-electron chi connectivity index (χ0n) is 15.5. The van der Waals surface area contributed by atoms with Gasteiger partial charge in [-0.05, 0) is 44.4 Å². The van der Waals surface area contributed by atoms with Crippen LogP contribution in [0.1, 0.15) is 41.4 Å². The molecule has 0 saturated carbocycles. The maximum Gasteiger partial charge on any atom is 0.159 e. The Morgan fingerprint density at radius 1 is 0.929 bits per heavy atom. The number of aliphatic imine (C=N–C) groups is 1. The lowest BCUT2D eigenvalue weighted by Gasteiger charge is -2.09. The van der Waals surface area contributed by atoms with Crippen LogP contribution < -0.4 is 0 Å². The van der Waals surface area contributed by atoms with Crippen LogP contribution in [0.15, 0.2) is 47.5 Å². The van der Waals surface area contributed by atoms with Gasteiger partial charge in [-0.15, -0.1) is 0 Å². The van der Waals surface area contributed by atoms with Crippen molar-refractivity contribution < 1.29 is 8.78 Å². The topological polar surface area (TPSA) is 38.1 Å². The van der Waals surface area contributed by atoms with Crippen molar-refractivity contribution in [2.24, 2.45) is 4.99 Å². The molecule has 0 bridgehead atoms. The molecule has 1 aliphatic heterocycles. The molecule has 28 heavy (non-hydrogen) atoms. The van der Waals surface area contributed by atoms with E-state index in [9.17, 15) is 8.78 Å². The van der Waals surface area contributed by atoms with Gasteiger partial charge in [0.25, 0.3) is 0 Å². The number of halogens is 3. The molecular formula is C22H18ClF2N3. The van der Waals surface area contributed by atoms with Crippen LogP contribution in [0.5, 0.6) is 0 Å². The minimum absolute atomic E-state index is 0.0119. The summed E-state index contributed by atoms with van der Waals surface area (Å²) in [5.41, 5.74) is 3.83. The van der Waals surface area contributed by atoms with Crippen molar-refractivity contribution in [2.75, 3.05) is 0 Å². The molecule has 142 valence electrons. The first kappa shape index (κ1) is 18.7. The van der Waals surface area contributed by atoms with E-state index in [0.29, 0.717) is 23.0 Å². The Balaban J connectivity index is 1.61. The maximum atomic E-state index is 14.0. The summed E-state index contributed by atoms with van der Waals surface area (Å²) in [6.07, 6.45) is 1.26. The quantitative estimate of drug-likeness (QED) is 0.542. The van der Waals surface area contributed by atoms with E-state index in [-0.39, 0.29) is 11.6 Å². The molecule has 0 aliphatic carbocycles. The fourth-order valence-corrected chi connectivity index (χ4v) is 3.57. The van der Waals surface area contributed by atoms with E-state index in [1.165, 1.54) is 18.2 Å². The lowest BCUT2D eigenvalue weighted by atomic mass is 10.0. The summed E-state index contributed by atoms with van der Waals surface area (Å²) in [6.45, 7) is 3.71. The molecule has 4 rings (SSSR count). The standard InChI is InChI=1S/C22H18ClF2N3/c1-12-21(23)13(2)27-22(26-12)15-8-6-14(7-9-15)18-10-11-19(28-18)20-16(24)4-3-5-17(20)25/h3-9,18H,10-11H2,1-2H3. The van der Waals surface area contributed by atoms with E-state index in [1.54, 1.807) is 0 Å². The van der Waals surface area contributed by atoms with Crippen LogP contribution in [0.3, 0.4) is 0 Å². The molecule has 0 spiro atoms. The van der Waals surface area contributed by atoms with E-state index in [2.05, 4.69) is 15.0 Å². The number of aromatic nitrogens is 2. The van der Waals surface area contributed by atoms with E-state index < -0.39 is 11.6 Å². The number of hydrogen-bond donors (Lipinski definition) is 0. The van der Waals surface area contributed by atoms with E-state index in [1.807, 2.05) is 38.1 Å². The predicted octanol–water partition coefficient (Wildman–Crippen LogP) is 6.02. The van der Waals surface area contributed by atoms with Crippen molar-refractivity contribution in [1.29, 1.82) is 0 Å². The molecule has 0 saturated heterocycles. The van der Waals surface area contributed by atoms with Crippen LogP contribution in [0, 0.1) is 25.5 Å². The molecule has 3 nitrogen and oxygen atoms in total. The lowest BCUT2D eigenvalue weighted by molar-refractivity contribution is 0.578. The fraction of sp³-hybridized carbons (Fsp3) is 0.227. The highest BCUT2D eigenvalue weighted by Gasteiger charge is 2.24. The summed E-state index contributed by atoms with van der Waals surface area (Å²) in [4.78, 5) is 13.5. The minimum atomic E-state index is -0.569. The average molecular weight is 398 g/mol. The smallest absolute Gasteiger partial charge is 0.159 e. The Labute approximate surface area is 167 Å². The van der Waals surface area contributed by atoms with Gasteiger partial charge >= 0.3 is 0 Å². The normalized spacial score (nSPS) is 16.3. The van der Waals surface area contributed by atoms with Gasteiger partial charge in [0.05, 0.1) is 28.0 Å². The van der Waals surface area contributed by atoms with Crippen molar-refractivity contribution in [3.63, 3.8) is 0 Å². The molecule has 0 N–H and O–H groups in total. The average Bonchev–Trinajstić information content (AvgIpc) is 3.15. The molecule has 1 unspecified atom stereocenters. The van der Waals surface area contributed by atoms with Crippen LogP contribution in [0.2, 0.25) is 5.02 Å². The SMILES string of the molecule is Cc1nc(-c2ccc(C3CCC(c4c(F)cccc4F)=N3)cc2)nc(C)c1Cl. The Bertz CT molecular complexity index is 1030. The molecular weight excluding hydrogens is 380 g/mol. The first-order valence-corrected chi connectivity index (χ1v) is 9.44. The van der Waals surface area contributed by atoms with Crippen molar-refractivity contribution in [3.05, 3.63) is 81.6 Å². The predicted molar refractivity (Wildman–Crippen MR) is 107 cm³/mol. The Kier molecular flexibility index (Phi) is 4.94. The zero-order chi connectivity index (χ0) is 19.8. The third-order valence-electron chi connectivity index (χ3n) is 4.95. The Morgan fingerprint density at radius 3 is 2.14 bits per heavy atom. The summed E-state index contributed by atoms with van der Waals surface area (Å²) in [5, 5.41) is 0.577. The van der Waals surface area contributed by atoms with Gasteiger partial charge in [0, 0.05) is 11.3 Å². The number of rotatable bonds is 3. The third kappa shape index (κ3) is 3.42. The highest BCUT2D eigenvalue weighted by molar-refractivity contribution is 6.31. The van der Waals surface area contributed by atoms with Gasteiger partial charge in [-0.3, -0.25) is 4.99 Å². The van der Waals surface area contributed by atoms with Gasteiger partial charge in [0.15, 0.2) is 5.82 Å². The third-order valence-corrected chi connectivity index (χ3v) is 5.50. The maximum absolute atomic E-state index is 14.0. The molecule has 2 aromatic carbocycles. The van der Waals surface area contributed by atoms with Crippen molar-refractivity contribution in [3.8, 4) is 11.4 Å². The summed E-state index contributed by atoms with van der Waals surface area (Å²) < 4.78 is 28.0. The Morgan fingerprint density at radius 2 is 1.54 bits per heavy atom. The second-order valence-corrected chi connectivity index (χ2v) is 7.26. The van der Waals surface area contributed by atoms with Crippen molar-refractivity contribution in [1.82, 2.24) is 9.97 Å². The second kappa shape index (κ2) is 7.40. The fourth-order valence-electron chi connectivity index (χ4n) is 3.48. The van der Waals surface area contributed by atoms with Crippen LogP contribution in [0.4, 0.5) is 8.78 Å². The van der Waals surface area contributed by atoms with Gasteiger partial charge in [-0.2, -0.15) is 0 Å². The summed E-state index contributed by atoms with van der Waals surface area (Å²) in [6, 6.07) is 11.6. The van der Waals surface area contributed by atoms with E-state index in [4.69, 9.17) is 11.6 Å². The van der Waals surface area contributed by atoms with Crippen LogP contribution in [-0.2, 0) is 0 Å². The Hall–Kier alpha value is -2.66. The zero-order valence-corrected chi connectivity index (χ0v) is 16.3. The van der Waals surface area contributed by atoms with Gasteiger partial charge < -0.3 is 0 Å². The molecule has 2 heterocycles. The van der Waals surface area contributed by atoms with Crippen LogP contribution in [0.25, 0.3) is 11.4 Å². The van der Waals surface area contributed by atoms with Gasteiger partial charge in [-0.25, -0.2) is 18.7 Å².